The van der Waals surface area contributed by atoms with Gasteiger partial charge in [0.15, 0.2) is 0 Å². The second-order valence-corrected chi connectivity index (χ2v) is 6.39. The van der Waals surface area contributed by atoms with E-state index in [1.54, 1.807) is 26.0 Å². The minimum Gasteiger partial charge on any atom is -0.497 e. The molecule has 0 fully saturated rings. The van der Waals surface area contributed by atoms with Gasteiger partial charge in [0, 0.05) is 23.6 Å². The molecule has 2 rings (SSSR count). The summed E-state index contributed by atoms with van der Waals surface area (Å²) in [5.74, 6) is 2.54. The topological polar surface area (TPSA) is 47.6 Å². The third kappa shape index (κ3) is 6.16. The van der Waals surface area contributed by atoms with E-state index in [2.05, 4.69) is 5.32 Å². The van der Waals surface area contributed by atoms with Gasteiger partial charge in [-0.1, -0.05) is 12.1 Å². The molecule has 0 spiro atoms. The Morgan fingerprint density at radius 1 is 0.958 bits per heavy atom. The summed E-state index contributed by atoms with van der Waals surface area (Å²) >= 11 is 1.67. The zero-order chi connectivity index (χ0) is 17.2. The van der Waals surface area contributed by atoms with Crippen LogP contribution in [0.5, 0.6) is 11.5 Å². The molecule has 0 aliphatic rings. The highest BCUT2D eigenvalue weighted by atomic mass is 32.2. The van der Waals surface area contributed by atoms with Crippen molar-refractivity contribution in [3.63, 3.8) is 0 Å². The van der Waals surface area contributed by atoms with E-state index in [-0.39, 0.29) is 5.91 Å². The van der Waals surface area contributed by atoms with Crippen LogP contribution >= 0.6 is 11.8 Å². The molecule has 128 valence electrons. The summed E-state index contributed by atoms with van der Waals surface area (Å²) in [6.07, 6.45) is 1.33. The number of hydrogen-bond donors (Lipinski definition) is 1. The molecule has 0 aromatic heterocycles. The van der Waals surface area contributed by atoms with Crippen molar-refractivity contribution in [3.8, 4) is 11.5 Å². The summed E-state index contributed by atoms with van der Waals surface area (Å²) in [4.78, 5) is 13.0. The first-order valence-electron chi connectivity index (χ1n) is 7.88. The lowest BCUT2D eigenvalue weighted by atomic mass is 10.1. The summed E-state index contributed by atoms with van der Waals surface area (Å²) in [5, 5.41) is 2.96. The van der Waals surface area contributed by atoms with Crippen molar-refractivity contribution in [1.29, 1.82) is 0 Å². The van der Waals surface area contributed by atoms with Gasteiger partial charge >= 0.3 is 0 Å². The van der Waals surface area contributed by atoms with Crippen molar-refractivity contribution < 1.29 is 14.3 Å². The van der Waals surface area contributed by atoms with Crippen LogP contribution in [0.1, 0.15) is 12.0 Å². The minimum absolute atomic E-state index is 0.0875. The molecule has 0 unspecified atom stereocenters. The highest BCUT2D eigenvalue weighted by Crippen LogP contribution is 2.21. The number of carbonyl (C=O) groups is 1. The number of ether oxygens (including phenoxy) is 2. The number of rotatable bonds is 9. The Bertz CT molecular complexity index is 571. The molecule has 0 radical (unpaired) electrons. The average Bonchev–Trinajstić information content (AvgIpc) is 2.63. The molecule has 0 saturated carbocycles. The molecule has 1 amide bonds. The van der Waals surface area contributed by atoms with Crippen LogP contribution in [0.4, 0.5) is 0 Å². The second-order valence-electron chi connectivity index (χ2n) is 5.22. The average molecular weight is 345 g/mol. The van der Waals surface area contributed by atoms with E-state index in [9.17, 15) is 4.79 Å². The Labute approximate surface area is 147 Å². The monoisotopic (exact) mass is 345 g/mol. The fraction of sp³-hybridized carbons (Fsp3) is 0.316. The van der Waals surface area contributed by atoms with Crippen molar-refractivity contribution in [1.82, 2.24) is 5.32 Å². The number of methoxy groups -OCH3 is 2. The normalized spacial score (nSPS) is 10.2. The van der Waals surface area contributed by atoms with E-state index in [1.807, 2.05) is 48.5 Å². The van der Waals surface area contributed by atoms with E-state index in [4.69, 9.17) is 9.47 Å². The van der Waals surface area contributed by atoms with E-state index in [0.717, 1.165) is 28.6 Å². The Kier molecular flexibility index (Phi) is 7.49. The summed E-state index contributed by atoms with van der Waals surface area (Å²) < 4.78 is 10.3. The van der Waals surface area contributed by atoms with Crippen molar-refractivity contribution in [2.75, 3.05) is 26.5 Å². The lowest BCUT2D eigenvalue weighted by molar-refractivity contribution is -0.120. The molecule has 0 aliphatic carbocycles. The van der Waals surface area contributed by atoms with Crippen LogP contribution in [-0.4, -0.2) is 32.4 Å². The molecule has 0 atom stereocenters. The summed E-state index contributed by atoms with van der Waals surface area (Å²) in [7, 11) is 3.30. The van der Waals surface area contributed by atoms with E-state index in [1.165, 1.54) is 5.56 Å². The zero-order valence-electron chi connectivity index (χ0n) is 14.1. The van der Waals surface area contributed by atoms with Gasteiger partial charge in [0.05, 0.1) is 14.2 Å². The fourth-order valence-corrected chi connectivity index (χ4v) is 3.01. The zero-order valence-corrected chi connectivity index (χ0v) is 14.9. The van der Waals surface area contributed by atoms with Gasteiger partial charge in [-0.05, 0) is 48.4 Å². The lowest BCUT2D eigenvalue weighted by Gasteiger charge is -2.07. The molecule has 1 N–H and O–H groups in total. The van der Waals surface area contributed by atoms with E-state index < -0.39 is 0 Å². The molecule has 2 aromatic rings. The molecule has 0 aliphatic heterocycles. The Morgan fingerprint density at radius 2 is 1.54 bits per heavy atom. The Balaban J connectivity index is 1.62. The second kappa shape index (κ2) is 9.88. The standard InChI is InChI=1S/C19H23NO3S/c1-22-16-5-3-15(4-6-16)11-13-20-19(21)12-14-24-18-9-7-17(23-2)8-10-18/h3-10H,11-14H2,1-2H3,(H,20,21). The van der Waals surface area contributed by atoms with Gasteiger partial charge in [-0.25, -0.2) is 0 Å². The summed E-state index contributed by atoms with van der Waals surface area (Å²) in [5.41, 5.74) is 1.18. The number of amides is 1. The highest BCUT2D eigenvalue weighted by molar-refractivity contribution is 7.99. The van der Waals surface area contributed by atoms with E-state index >= 15 is 0 Å². The SMILES string of the molecule is COc1ccc(CCNC(=O)CCSc2ccc(OC)cc2)cc1. The molecular weight excluding hydrogens is 322 g/mol. The molecule has 4 nitrogen and oxygen atoms in total. The van der Waals surface area contributed by atoms with Crippen LogP contribution in [-0.2, 0) is 11.2 Å². The smallest absolute Gasteiger partial charge is 0.220 e. The number of carbonyl (C=O) groups excluding carboxylic acids is 1. The third-order valence-corrected chi connectivity index (χ3v) is 4.57. The van der Waals surface area contributed by atoms with Crippen LogP contribution in [0.15, 0.2) is 53.4 Å². The predicted molar refractivity (Wildman–Crippen MR) is 98.0 cm³/mol. The van der Waals surface area contributed by atoms with Gasteiger partial charge < -0.3 is 14.8 Å². The molecule has 5 heteroatoms. The van der Waals surface area contributed by atoms with Crippen LogP contribution in [0, 0.1) is 0 Å². The van der Waals surface area contributed by atoms with Crippen LogP contribution < -0.4 is 14.8 Å². The largest absolute Gasteiger partial charge is 0.497 e. The first kappa shape index (κ1) is 18.2. The van der Waals surface area contributed by atoms with Gasteiger partial charge in [0.1, 0.15) is 11.5 Å². The summed E-state index contributed by atoms with van der Waals surface area (Å²) in [6.45, 7) is 0.651. The molecule has 2 aromatic carbocycles. The molecular formula is C19H23NO3S. The van der Waals surface area contributed by atoms with Gasteiger partial charge in [-0.3, -0.25) is 4.79 Å². The van der Waals surface area contributed by atoms with Crippen LogP contribution in [0.25, 0.3) is 0 Å². The minimum atomic E-state index is 0.0875. The summed E-state index contributed by atoms with van der Waals surface area (Å²) in [6, 6.07) is 15.8. The lowest BCUT2D eigenvalue weighted by Crippen LogP contribution is -2.25. The number of hydrogen-bond acceptors (Lipinski definition) is 4. The third-order valence-electron chi connectivity index (χ3n) is 3.55. The maximum Gasteiger partial charge on any atom is 0.220 e. The number of thioether (sulfide) groups is 1. The number of benzene rings is 2. The Hall–Kier alpha value is -2.14. The van der Waals surface area contributed by atoms with Crippen molar-refractivity contribution in [2.24, 2.45) is 0 Å². The quantitative estimate of drug-likeness (QED) is 0.706. The van der Waals surface area contributed by atoms with Crippen molar-refractivity contribution in [3.05, 3.63) is 54.1 Å². The van der Waals surface area contributed by atoms with Gasteiger partial charge in [-0.2, -0.15) is 0 Å². The van der Waals surface area contributed by atoms with Crippen molar-refractivity contribution in [2.45, 2.75) is 17.7 Å². The molecule has 0 saturated heterocycles. The van der Waals surface area contributed by atoms with Crippen LogP contribution in [0.3, 0.4) is 0 Å². The molecule has 24 heavy (non-hydrogen) atoms. The molecule has 0 bridgehead atoms. The highest BCUT2D eigenvalue weighted by Gasteiger charge is 2.03. The Morgan fingerprint density at radius 3 is 2.12 bits per heavy atom. The van der Waals surface area contributed by atoms with Crippen LogP contribution in [0.2, 0.25) is 0 Å². The number of nitrogens with one attached hydrogen (secondary N) is 1. The van der Waals surface area contributed by atoms with Gasteiger partial charge in [-0.15, -0.1) is 11.8 Å². The first-order valence-corrected chi connectivity index (χ1v) is 8.86. The van der Waals surface area contributed by atoms with Crippen molar-refractivity contribution >= 4 is 17.7 Å². The molecule has 0 heterocycles. The maximum absolute atomic E-state index is 11.9. The predicted octanol–water partition coefficient (Wildman–Crippen LogP) is 3.54. The van der Waals surface area contributed by atoms with Gasteiger partial charge in [0.2, 0.25) is 5.91 Å². The fourth-order valence-electron chi connectivity index (χ4n) is 2.16. The maximum atomic E-state index is 11.9. The van der Waals surface area contributed by atoms with E-state index in [0.29, 0.717) is 13.0 Å². The first-order chi connectivity index (χ1) is 11.7. The van der Waals surface area contributed by atoms with Gasteiger partial charge in [0.25, 0.3) is 0 Å².